The van der Waals surface area contributed by atoms with E-state index in [1.165, 1.54) is 16.7 Å². The van der Waals surface area contributed by atoms with Gasteiger partial charge in [-0.1, -0.05) is 23.9 Å². The zero-order chi connectivity index (χ0) is 25.0. The van der Waals surface area contributed by atoms with Crippen LogP contribution in [0.25, 0.3) is 0 Å². The van der Waals surface area contributed by atoms with Crippen LogP contribution in [0.15, 0.2) is 47.4 Å². The summed E-state index contributed by atoms with van der Waals surface area (Å²) in [5, 5.41) is 4.66. The summed E-state index contributed by atoms with van der Waals surface area (Å²) < 4.78 is 16.2. The quantitative estimate of drug-likeness (QED) is 0.531. The number of carbonyl (C=O) groups excluding carboxylic acids is 4. The fourth-order valence-electron chi connectivity index (χ4n) is 3.97. The maximum absolute atomic E-state index is 13.0. The van der Waals surface area contributed by atoms with Gasteiger partial charge in [0.15, 0.2) is 23.0 Å². The number of imide groups is 1. The Balaban J connectivity index is 1.33. The average Bonchev–Trinajstić information content (AvgIpc) is 3.35. The Bertz CT molecular complexity index is 1170. The smallest absolute Gasteiger partial charge is 0.344 e. The molecule has 0 unspecified atom stereocenters. The number of rotatable bonds is 8. The molecule has 0 aromatic heterocycles. The van der Waals surface area contributed by atoms with Crippen LogP contribution >= 0.6 is 11.8 Å². The van der Waals surface area contributed by atoms with Crippen molar-refractivity contribution in [2.75, 3.05) is 30.0 Å². The molecule has 2 aromatic carbocycles. The molecule has 11 heteroatoms. The standard InChI is InChI=1S/C24H25N3O7S/c1-3-32-17-10-9-15(13-18(17)33-4-2)25-23(31)26-20(28)14-34-22(30)24-12-11-21(29)27(24)16-7-5-6-8-19(16)35-24/h5-10,13H,3-4,11-12,14H2,1-2H3,(H2,25,26,28,31)/t24-/m1/s1. The Hall–Kier alpha value is -3.73. The molecule has 4 rings (SSSR count). The molecule has 10 nitrogen and oxygen atoms in total. The van der Waals surface area contributed by atoms with E-state index in [1.54, 1.807) is 30.3 Å². The highest BCUT2D eigenvalue weighted by molar-refractivity contribution is 8.02. The summed E-state index contributed by atoms with van der Waals surface area (Å²) in [7, 11) is 0. The summed E-state index contributed by atoms with van der Waals surface area (Å²) in [6.45, 7) is 3.87. The number of fused-ring (bicyclic) bond motifs is 3. The molecule has 184 valence electrons. The van der Waals surface area contributed by atoms with Crippen molar-refractivity contribution in [1.82, 2.24) is 5.32 Å². The van der Waals surface area contributed by atoms with Gasteiger partial charge in [-0.2, -0.15) is 0 Å². The highest BCUT2D eigenvalue weighted by Crippen LogP contribution is 2.56. The minimum Gasteiger partial charge on any atom is -0.490 e. The Morgan fingerprint density at radius 2 is 1.80 bits per heavy atom. The zero-order valence-corrected chi connectivity index (χ0v) is 20.1. The van der Waals surface area contributed by atoms with Crippen molar-refractivity contribution in [2.24, 2.45) is 0 Å². The number of anilines is 2. The first kappa shape index (κ1) is 24.4. The number of thioether (sulfide) groups is 1. The number of carbonyl (C=O) groups is 4. The van der Waals surface area contributed by atoms with Crippen LogP contribution in [0.5, 0.6) is 11.5 Å². The molecule has 0 spiro atoms. The molecule has 1 saturated heterocycles. The van der Waals surface area contributed by atoms with Gasteiger partial charge in [0.25, 0.3) is 5.91 Å². The van der Waals surface area contributed by atoms with E-state index in [4.69, 9.17) is 14.2 Å². The summed E-state index contributed by atoms with van der Waals surface area (Å²) in [5.41, 5.74) is 1.04. The van der Waals surface area contributed by atoms with Crippen LogP contribution in [0.4, 0.5) is 16.2 Å². The summed E-state index contributed by atoms with van der Waals surface area (Å²) in [6.07, 6.45) is 0.475. The number of para-hydroxylation sites is 1. The number of benzene rings is 2. The van der Waals surface area contributed by atoms with Crippen LogP contribution in [-0.4, -0.2) is 48.5 Å². The molecule has 2 aliphatic heterocycles. The van der Waals surface area contributed by atoms with Crippen LogP contribution in [0.2, 0.25) is 0 Å². The van der Waals surface area contributed by atoms with Gasteiger partial charge in [0.1, 0.15) is 0 Å². The van der Waals surface area contributed by atoms with Crippen LogP contribution in [0, 0.1) is 0 Å². The van der Waals surface area contributed by atoms with Crippen LogP contribution in [0.1, 0.15) is 26.7 Å². The number of hydrogen-bond acceptors (Lipinski definition) is 8. The highest BCUT2D eigenvalue weighted by atomic mass is 32.2. The number of amides is 4. The monoisotopic (exact) mass is 499 g/mol. The Kier molecular flexibility index (Phi) is 7.15. The summed E-state index contributed by atoms with van der Waals surface area (Å²) in [4.78, 5) is 51.0. The number of nitrogens with zero attached hydrogens (tertiary/aromatic N) is 1. The van der Waals surface area contributed by atoms with Gasteiger partial charge >= 0.3 is 12.0 Å². The van der Waals surface area contributed by atoms with Gasteiger partial charge in [-0.3, -0.25) is 19.8 Å². The first-order chi connectivity index (χ1) is 16.9. The van der Waals surface area contributed by atoms with Gasteiger partial charge in [-0.15, -0.1) is 0 Å². The lowest BCUT2D eigenvalue weighted by Crippen LogP contribution is -2.48. The number of esters is 1. The third kappa shape index (κ3) is 4.90. The van der Waals surface area contributed by atoms with E-state index >= 15 is 0 Å². The third-order valence-electron chi connectivity index (χ3n) is 5.38. The van der Waals surface area contributed by atoms with Crippen molar-refractivity contribution >= 4 is 47.0 Å². The van der Waals surface area contributed by atoms with Crippen molar-refractivity contribution in [1.29, 1.82) is 0 Å². The number of ether oxygens (including phenoxy) is 3. The Labute approximate surface area is 206 Å². The van der Waals surface area contributed by atoms with Gasteiger partial charge in [-0.25, -0.2) is 9.59 Å². The number of nitrogens with one attached hydrogen (secondary N) is 2. The molecule has 1 atom stereocenters. The van der Waals surface area contributed by atoms with Gasteiger partial charge in [0.05, 0.1) is 18.9 Å². The van der Waals surface area contributed by atoms with Gasteiger partial charge in [0.2, 0.25) is 5.91 Å². The van der Waals surface area contributed by atoms with Crippen molar-refractivity contribution < 1.29 is 33.4 Å². The fraction of sp³-hybridized carbons (Fsp3) is 0.333. The molecule has 2 heterocycles. The highest BCUT2D eigenvalue weighted by Gasteiger charge is 2.58. The number of hydrogen-bond donors (Lipinski definition) is 2. The molecule has 35 heavy (non-hydrogen) atoms. The molecule has 1 fully saturated rings. The molecule has 2 N–H and O–H groups in total. The maximum Gasteiger partial charge on any atom is 0.344 e. The molecule has 0 aliphatic carbocycles. The molecule has 0 bridgehead atoms. The molecule has 0 saturated carbocycles. The summed E-state index contributed by atoms with van der Waals surface area (Å²) in [5.74, 6) is -0.691. The molecular weight excluding hydrogens is 474 g/mol. The Morgan fingerprint density at radius 1 is 1.06 bits per heavy atom. The van der Waals surface area contributed by atoms with E-state index in [9.17, 15) is 19.2 Å². The fourth-order valence-corrected chi connectivity index (χ4v) is 5.38. The SMILES string of the molecule is CCOc1ccc(NC(=O)NC(=O)COC(=O)[C@]23CCC(=O)N2c2ccccc2S3)cc1OCC. The average molecular weight is 500 g/mol. The largest absolute Gasteiger partial charge is 0.490 e. The molecule has 2 aliphatic rings. The normalized spacial score (nSPS) is 17.9. The van der Waals surface area contributed by atoms with Crippen molar-refractivity contribution in [3.05, 3.63) is 42.5 Å². The zero-order valence-electron chi connectivity index (χ0n) is 19.3. The molecule has 4 amide bonds. The van der Waals surface area contributed by atoms with Crippen LogP contribution in [-0.2, 0) is 19.1 Å². The van der Waals surface area contributed by atoms with Crippen molar-refractivity contribution in [3.63, 3.8) is 0 Å². The number of urea groups is 1. The Morgan fingerprint density at radius 3 is 2.57 bits per heavy atom. The van der Waals surface area contributed by atoms with Gasteiger partial charge in [-0.05, 0) is 38.1 Å². The molecular formula is C24H25N3O7S. The lowest BCUT2D eigenvalue weighted by molar-refractivity contribution is -0.150. The van der Waals surface area contributed by atoms with Crippen molar-refractivity contribution in [3.8, 4) is 11.5 Å². The second kappa shape index (κ2) is 10.3. The van der Waals surface area contributed by atoms with Gasteiger partial charge < -0.3 is 19.5 Å². The lowest BCUT2D eigenvalue weighted by Gasteiger charge is -2.28. The third-order valence-corrected chi connectivity index (χ3v) is 6.84. The van der Waals surface area contributed by atoms with Crippen LogP contribution < -0.4 is 25.0 Å². The topological polar surface area (TPSA) is 123 Å². The minimum atomic E-state index is -1.23. The van der Waals surface area contributed by atoms with E-state index in [0.717, 1.165) is 4.90 Å². The van der Waals surface area contributed by atoms with E-state index in [-0.39, 0.29) is 18.7 Å². The first-order valence-corrected chi connectivity index (χ1v) is 12.0. The van der Waals surface area contributed by atoms with Crippen LogP contribution in [0.3, 0.4) is 0 Å². The van der Waals surface area contributed by atoms with E-state index in [2.05, 4.69) is 10.6 Å². The maximum atomic E-state index is 13.0. The second-order valence-corrected chi connectivity index (χ2v) is 9.01. The second-order valence-electron chi connectivity index (χ2n) is 7.69. The van der Waals surface area contributed by atoms with Crippen molar-refractivity contribution in [2.45, 2.75) is 36.5 Å². The first-order valence-electron chi connectivity index (χ1n) is 11.2. The van der Waals surface area contributed by atoms with E-state index in [0.29, 0.717) is 36.1 Å². The summed E-state index contributed by atoms with van der Waals surface area (Å²) >= 11 is 1.24. The minimum absolute atomic E-state index is 0.176. The predicted octanol–water partition coefficient (Wildman–Crippen LogP) is 3.30. The van der Waals surface area contributed by atoms with Gasteiger partial charge in [0, 0.05) is 29.5 Å². The predicted molar refractivity (Wildman–Crippen MR) is 129 cm³/mol. The van der Waals surface area contributed by atoms with E-state index in [1.807, 2.05) is 26.0 Å². The summed E-state index contributed by atoms with van der Waals surface area (Å²) in [6, 6.07) is 11.3. The lowest BCUT2D eigenvalue weighted by atomic mass is 10.2. The van der Waals surface area contributed by atoms with E-state index < -0.39 is 29.4 Å². The molecule has 0 radical (unpaired) electrons. The molecule has 2 aromatic rings.